The molecule has 1 N–H and O–H groups in total. The first-order chi connectivity index (χ1) is 19.8. The number of hydrogen-bond donors (Lipinski definition) is 1. The molecule has 1 fully saturated rings. The predicted octanol–water partition coefficient (Wildman–Crippen LogP) is 4.63. The third-order valence-electron chi connectivity index (χ3n) is 6.00. The molecule has 2 aliphatic rings. The van der Waals surface area contributed by atoms with E-state index in [1.54, 1.807) is 48.5 Å². The number of rotatable bonds is 9. The van der Waals surface area contributed by atoms with E-state index in [1.807, 2.05) is 0 Å². The van der Waals surface area contributed by atoms with Crippen LogP contribution in [-0.4, -0.2) is 53.7 Å². The minimum atomic E-state index is -0.595. The largest absolute Gasteiger partial charge is 0.493 e. The molecule has 0 radical (unpaired) electrons. The number of methoxy groups -OCH3 is 1. The zero-order chi connectivity index (χ0) is 28.9. The summed E-state index contributed by atoms with van der Waals surface area (Å²) < 4.78 is 22.2. The van der Waals surface area contributed by atoms with Crippen molar-refractivity contribution in [2.45, 2.75) is 6.61 Å². The molecule has 3 aromatic carbocycles. The first kappa shape index (κ1) is 27.5. The van der Waals surface area contributed by atoms with Gasteiger partial charge < -0.3 is 24.3 Å². The Labute approximate surface area is 238 Å². The zero-order valence-electron chi connectivity index (χ0n) is 21.7. The number of carbonyl (C=O) groups excluding carboxylic acids is 3. The summed E-state index contributed by atoms with van der Waals surface area (Å²) in [5.41, 5.74) is 1.58. The smallest absolute Gasteiger partial charge is 0.294 e. The van der Waals surface area contributed by atoms with Crippen molar-refractivity contribution in [2.24, 2.45) is 0 Å². The van der Waals surface area contributed by atoms with Crippen molar-refractivity contribution in [3.8, 4) is 23.0 Å². The number of amides is 3. The van der Waals surface area contributed by atoms with Crippen molar-refractivity contribution in [1.82, 2.24) is 4.90 Å². The van der Waals surface area contributed by atoms with Gasteiger partial charge in [-0.2, -0.15) is 0 Å². The van der Waals surface area contributed by atoms with Gasteiger partial charge in [-0.05, 0) is 53.2 Å². The summed E-state index contributed by atoms with van der Waals surface area (Å²) in [6.07, 6.45) is 1.52. The molecule has 1 saturated heterocycles. The van der Waals surface area contributed by atoms with E-state index in [9.17, 15) is 24.5 Å². The summed E-state index contributed by atoms with van der Waals surface area (Å²) in [7, 11) is 1.45. The van der Waals surface area contributed by atoms with E-state index in [4.69, 9.17) is 18.9 Å². The second kappa shape index (κ2) is 12.0. The predicted molar refractivity (Wildman–Crippen MR) is 149 cm³/mol. The molecule has 3 aromatic rings. The van der Waals surface area contributed by atoms with Crippen LogP contribution in [0.3, 0.4) is 0 Å². The number of anilines is 1. The van der Waals surface area contributed by atoms with Crippen molar-refractivity contribution in [3.63, 3.8) is 0 Å². The van der Waals surface area contributed by atoms with Crippen LogP contribution in [0.25, 0.3) is 6.08 Å². The summed E-state index contributed by atoms with van der Waals surface area (Å²) in [6.45, 7) is 0.462. The highest BCUT2D eigenvalue weighted by Crippen LogP contribution is 2.35. The Morgan fingerprint density at radius 3 is 2.66 bits per heavy atom. The van der Waals surface area contributed by atoms with E-state index < -0.39 is 28.5 Å². The lowest BCUT2D eigenvalue weighted by Crippen LogP contribution is -2.36. The summed E-state index contributed by atoms with van der Waals surface area (Å²) >= 11 is 0.727. The number of nitrogens with one attached hydrogen (secondary N) is 1. The van der Waals surface area contributed by atoms with Crippen LogP contribution in [-0.2, 0) is 16.2 Å². The van der Waals surface area contributed by atoms with Crippen LogP contribution in [0.5, 0.6) is 23.0 Å². The standard InChI is InChI=1S/C28H23N3O9S/c1-37-23-12-17(5-7-21(23)40-16-18-3-2-4-20(11-18)31(35)36)13-25-27(33)30(28(34)41-25)15-26(32)29-19-6-8-22-24(14-19)39-10-9-38-22/h2-8,11-14H,9-10,15-16H2,1H3,(H,29,32)/b25-13+. The Morgan fingerprint density at radius 2 is 1.88 bits per heavy atom. The number of non-ortho nitro benzene ring substituents is 1. The van der Waals surface area contributed by atoms with Crippen LogP contribution < -0.4 is 24.3 Å². The minimum absolute atomic E-state index is 0.0388. The third kappa shape index (κ3) is 6.41. The molecular formula is C28H23N3O9S. The van der Waals surface area contributed by atoms with Gasteiger partial charge >= 0.3 is 0 Å². The maximum Gasteiger partial charge on any atom is 0.294 e. The van der Waals surface area contributed by atoms with Gasteiger partial charge in [-0.3, -0.25) is 29.4 Å². The van der Waals surface area contributed by atoms with Crippen molar-refractivity contribution < 1.29 is 38.3 Å². The van der Waals surface area contributed by atoms with Crippen LogP contribution in [0.1, 0.15) is 11.1 Å². The maximum absolute atomic E-state index is 13.0. The molecule has 12 nitrogen and oxygen atoms in total. The third-order valence-corrected chi connectivity index (χ3v) is 6.91. The second-order valence-corrected chi connectivity index (χ2v) is 9.79. The Morgan fingerprint density at radius 1 is 1.07 bits per heavy atom. The van der Waals surface area contributed by atoms with Gasteiger partial charge in [0.2, 0.25) is 5.91 Å². The number of benzene rings is 3. The van der Waals surface area contributed by atoms with Gasteiger partial charge in [0.25, 0.3) is 16.8 Å². The monoisotopic (exact) mass is 577 g/mol. The van der Waals surface area contributed by atoms with Crippen LogP contribution in [0, 0.1) is 10.1 Å². The van der Waals surface area contributed by atoms with E-state index in [2.05, 4.69) is 5.32 Å². The van der Waals surface area contributed by atoms with Gasteiger partial charge in [-0.25, -0.2) is 0 Å². The van der Waals surface area contributed by atoms with E-state index in [1.165, 1.54) is 25.3 Å². The lowest BCUT2D eigenvalue weighted by molar-refractivity contribution is -0.384. The number of hydrogen-bond acceptors (Lipinski definition) is 10. The molecule has 0 atom stereocenters. The highest BCUT2D eigenvalue weighted by Gasteiger charge is 2.36. The molecule has 2 heterocycles. The molecule has 0 spiro atoms. The quantitative estimate of drug-likeness (QED) is 0.217. The Balaban J connectivity index is 1.23. The zero-order valence-corrected chi connectivity index (χ0v) is 22.5. The van der Waals surface area contributed by atoms with Gasteiger partial charge in [0.1, 0.15) is 26.4 Å². The minimum Gasteiger partial charge on any atom is -0.493 e. The Kier molecular flexibility index (Phi) is 8.06. The van der Waals surface area contributed by atoms with Crippen LogP contribution >= 0.6 is 11.8 Å². The molecule has 41 heavy (non-hydrogen) atoms. The van der Waals surface area contributed by atoms with E-state index in [-0.39, 0.29) is 17.2 Å². The van der Waals surface area contributed by atoms with Crippen LogP contribution in [0.15, 0.2) is 65.6 Å². The molecular weight excluding hydrogens is 554 g/mol. The van der Waals surface area contributed by atoms with Crippen molar-refractivity contribution in [2.75, 3.05) is 32.2 Å². The second-order valence-electron chi connectivity index (χ2n) is 8.80. The molecule has 2 aliphatic heterocycles. The average Bonchev–Trinajstić information content (AvgIpc) is 3.23. The number of thioether (sulfide) groups is 1. The number of nitro benzene ring substituents is 1. The molecule has 13 heteroatoms. The first-order valence-corrected chi connectivity index (χ1v) is 13.1. The fraction of sp³-hybridized carbons (Fsp3) is 0.179. The fourth-order valence-electron chi connectivity index (χ4n) is 4.07. The summed E-state index contributed by atoms with van der Waals surface area (Å²) in [5.74, 6) is 0.685. The van der Waals surface area contributed by atoms with Crippen LogP contribution in [0.4, 0.5) is 16.2 Å². The Hall–Kier alpha value is -5.04. The lowest BCUT2D eigenvalue weighted by Gasteiger charge is -2.19. The highest BCUT2D eigenvalue weighted by atomic mass is 32.2. The van der Waals surface area contributed by atoms with E-state index in [0.29, 0.717) is 53.0 Å². The number of fused-ring (bicyclic) bond motifs is 1. The number of imide groups is 1. The maximum atomic E-state index is 13.0. The molecule has 3 amide bonds. The molecule has 5 rings (SSSR count). The highest BCUT2D eigenvalue weighted by molar-refractivity contribution is 8.18. The molecule has 0 bridgehead atoms. The van der Waals surface area contributed by atoms with Gasteiger partial charge in [-0.15, -0.1) is 0 Å². The summed E-state index contributed by atoms with van der Waals surface area (Å²) in [5, 5.41) is 13.1. The number of ether oxygens (including phenoxy) is 4. The lowest BCUT2D eigenvalue weighted by atomic mass is 10.1. The van der Waals surface area contributed by atoms with Crippen LogP contribution in [0.2, 0.25) is 0 Å². The molecule has 0 saturated carbocycles. The molecule has 0 aliphatic carbocycles. The molecule has 0 unspecified atom stereocenters. The number of nitrogens with zero attached hydrogens (tertiary/aromatic N) is 2. The van der Waals surface area contributed by atoms with E-state index >= 15 is 0 Å². The van der Waals surface area contributed by atoms with Crippen molar-refractivity contribution >= 4 is 46.3 Å². The molecule has 0 aromatic heterocycles. The van der Waals surface area contributed by atoms with Crippen molar-refractivity contribution in [1.29, 1.82) is 0 Å². The SMILES string of the molecule is COc1cc(/C=C2/SC(=O)N(CC(=O)Nc3ccc4c(c3)OCCO4)C2=O)ccc1OCc1cccc([N+](=O)[O-])c1. The van der Waals surface area contributed by atoms with Gasteiger partial charge in [-0.1, -0.05) is 18.2 Å². The van der Waals surface area contributed by atoms with Crippen molar-refractivity contribution in [3.05, 3.63) is 86.8 Å². The summed E-state index contributed by atoms with van der Waals surface area (Å²) in [4.78, 5) is 49.7. The topological polar surface area (TPSA) is 147 Å². The van der Waals surface area contributed by atoms with Gasteiger partial charge in [0.05, 0.1) is 16.9 Å². The molecule has 210 valence electrons. The van der Waals surface area contributed by atoms with Gasteiger partial charge in [0.15, 0.2) is 23.0 Å². The van der Waals surface area contributed by atoms with E-state index in [0.717, 1.165) is 16.7 Å². The Bertz CT molecular complexity index is 1570. The van der Waals surface area contributed by atoms with Gasteiger partial charge in [0, 0.05) is 23.9 Å². The average molecular weight is 578 g/mol. The normalized spacial score (nSPS) is 15.1. The first-order valence-electron chi connectivity index (χ1n) is 12.3. The number of nitro groups is 1. The fourth-order valence-corrected chi connectivity index (χ4v) is 4.91. The number of carbonyl (C=O) groups is 3. The summed E-state index contributed by atoms with van der Waals surface area (Å²) in [6, 6.07) is 16.0.